The Labute approximate surface area is 76.4 Å². The summed E-state index contributed by atoms with van der Waals surface area (Å²) in [6.07, 6.45) is 0. The second-order valence-corrected chi connectivity index (χ2v) is 0. The molecule has 0 N–H and O–H groups in total. The van der Waals surface area contributed by atoms with Crippen molar-refractivity contribution >= 4 is 9.90 Å². The molecule has 1 unspecified atom stereocenters. The number of hydrogen-bond acceptors (Lipinski definition) is 0. The van der Waals surface area contributed by atoms with Gasteiger partial charge in [0.2, 0.25) is 0 Å². The fourth-order valence-corrected chi connectivity index (χ4v) is 0. The van der Waals surface area contributed by atoms with Gasteiger partial charge in [-0.05, 0) is 0 Å². The molecule has 0 nitrogen and oxygen atoms in total. The Bertz CT molecular complexity index is 9.61. The zero-order valence-corrected chi connectivity index (χ0v) is 7.63. The van der Waals surface area contributed by atoms with Crippen LogP contribution >= 0.6 is 9.90 Å². The van der Waals surface area contributed by atoms with Crippen molar-refractivity contribution < 1.29 is 67.1 Å². The van der Waals surface area contributed by atoms with Crippen LogP contribution < -0.4 is 0 Å². The van der Waals surface area contributed by atoms with Crippen LogP contribution in [0.4, 0.5) is 0 Å². The smallest absolute Gasteiger partial charge is 0 e. The van der Waals surface area contributed by atoms with Crippen molar-refractivity contribution in [1.82, 2.24) is 0 Å². The van der Waals surface area contributed by atoms with E-state index >= 15 is 0 Å². The largest absolute Gasteiger partial charge is 0.153 e. The van der Waals surface area contributed by atoms with Gasteiger partial charge in [0.1, 0.15) is 0 Å². The van der Waals surface area contributed by atoms with Crippen molar-refractivity contribution in [1.29, 1.82) is 0 Å². The van der Waals surface area contributed by atoms with Gasteiger partial charge in [-0.1, -0.05) is 0 Å². The van der Waals surface area contributed by atoms with Gasteiger partial charge in [0.05, 0.1) is 0 Å². The van der Waals surface area contributed by atoms with Crippen molar-refractivity contribution in [3.8, 4) is 0 Å². The second kappa shape index (κ2) is 31.9. The van der Waals surface area contributed by atoms with Gasteiger partial charge in [0, 0.05) is 67.1 Å². The molecule has 0 aromatic carbocycles. The summed E-state index contributed by atoms with van der Waals surface area (Å²) in [7, 11) is 0. The van der Waals surface area contributed by atoms with E-state index in [0.717, 1.165) is 0 Å². The molecule has 0 aliphatic carbocycles. The Morgan fingerprint density at radius 2 is 0.800 bits per heavy atom. The molecule has 0 amide bonds. The van der Waals surface area contributed by atoms with Crippen LogP contribution in [-0.2, 0) is 67.1 Å². The maximum absolute atomic E-state index is 0. The Balaban J connectivity index is 0. The fraction of sp³-hybridized carbons (Fsp3) is 0. The number of hydrogen-bond donors (Lipinski definition) is 0. The molecule has 0 aliphatic heterocycles. The first kappa shape index (κ1) is 51.5. The van der Waals surface area contributed by atoms with Crippen molar-refractivity contribution in [3.63, 3.8) is 0 Å². The standard InChI is InChI=1S/2Co.Fe.Ni.H3P/h;;;;1H3. The Morgan fingerprint density at radius 3 is 0.800 bits per heavy atom. The van der Waals surface area contributed by atoms with E-state index in [2.05, 4.69) is 0 Å². The Hall–Kier alpha value is 2.46. The van der Waals surface area contributed by atoms with E-state index < -0.39 is 0 Å². The summed E-state index contributed by atoms with van der Waals surface area (Å²) in [5, 5.41) is 0. The summed E-state index contributed by atoms with van der Waals surface area (Å²) in [5.41, 5.74) is 0. The summed E-state index contributed by atoms with van der Waals surface area (Å²) < 4.78 is 0. The molecule has 0 saturated carbocycles. The summed E-state index contributed by atoms with van der Waals surface area (Å²) >= 11 is 0. The molecule has 2 radical (unpaired) electrons. The maximum Gasteiger partial charge on any atom is 0 e. The van der Waals surface area contributed by atoms with Crippen LogP contribution in [0.2, 0.25) is 0 Å². The zero-order chi connectivity index (χ0) is 0. The minimum atomic E-state index is 0. The van der Waals surface area contributed by atoms with E-state index in [9.17, 15) is 0 Å². The molecule has 0 heterocycles. The molecular formula is H3Co2FeNiP. The summed E-state index contributed by atoms with van der Waals surface area (Å²) in [6.45, 7) is 0. The second-order valence-electron chi connectivity index (χ2n) is 0. The molecule has 5 heteroatoms. The van der Waals surface area contributed by atoms with Crippen LogP contribution in [0.15, 0.2) is 0 Å². The van der Waals surface area contributed by atoms with Crippen LogP contribution in [0.3, 0.4) is 0 Å². The quantitative estimate of drug-likeness (QED) is 0.429. The van der Waals surface area contributed by atoms with E-state index in [1.54, 1.807) is 0 Å². The molecule has 0 saturated heterocycles. The van der Waals surface area contributed by atoms with Crippen molar-refractivity contribution in [2.45, 2.75) is 0 Å². The first-order valence-corrected chi connectivity index (χ1v) is 0. The van der Waals surface area contributed by atoms with E-state index in [1.807, 2.05) is 0 Å². The van der Waals surface area contributed by atoms with Gasteiger partial charge in [0.25, 0.3) is 0 Å². The predicted octanol–water partition coefficient (Wildman–Crippen LogP) is 0.0481. The van der Waals surface area contributed by atoms with E-state index in [0.29, 0.717) is 0 Å². The first-order chi connectivity index (χ1) is 0. The summed E-state index contributed by atoms with van der Waals surface area (Å²) in [5.74, 6) is 0. The van der Waals surface area contributed by atoms with Gasteiger partial charge >= 0.3 is 0 Å². The third kappa shape index (κ3) is 21.3. The third-order valence-corrected chi connectivity index (χ3v) is 0. The van der Waals surface area contributed by atoms with Gasteiger partial charge in [-0.15, -0.1) is 0 Å². The third-order valence-electron chi connectivity index (χ3n) is 0. The van der Waals surface area contributed by atoms with Crippen LogP contribution in [0.1, 0.15) is 0 Å². The molecule has 0 aliphatic rings. The maximum atomic E-state index is 0. The molecule has 0 bridgehead atoms. The van der Waals surface area contributed by atoms with Crippen LogP contribution in [0, 0.1) is 0 Å². The molecule has 0 spiro atoms. The average molecular weight is 266 g/mol. The molecule has 44 valence electrons. The van der Waals surface area contributed by atoms with Crippen LogP contribution in [-0.4, -0.2) is 0 Å². The van der Waals surface area contributed by atoms with Gasteiger partial charge in [-0.2, -0.15) is 9.90 Å². The van der Waals surface area contributed by atoms with Crippen LogP contribution in [0.25, 0.3) is 0 Å². The molecule has 0 aromatic rings. The molecular weight excluding hydrogens is 263 g/mol. The molecule has 0 fully saturated rings. The van der Waals surface area contributed by atoms with E-state index in [4.69, 9.17) is 0 Å². The predicted molar refractivity (Wildman–Crippen MR) is 11.1 cm³/mol. The summed E-state index contributed by atoms with van der Waals surface area (Å²) in [4.78, 5) is 0. The van der Waals surface area contributed by atoms with Gasteiger partial charge in [-0.3, -0.25) is 0 Å². The van der Waals surface area contributed by atoms with Crippen molar-refractivity contribution in [2.75, 3.05) is 0 Å². The van der Waals surface area contributed by atoms with Crippen LogP contribution in [0.5, 0.6) is 0 Å². The SMILES string of the molecule is P.[Co].[Co].[Fe].[Ni]. The Kier molecular flexibility index (Phi) is 328. The Morgan fingerprint density at radius 1 is 0.800 bits per heavy atom. The van der Waals surface area contributed by atoms with E-state index in [1.165, 1.54) is 0 Å². The molecule has 5 heavy (non-hydrogen) atoms. The minimum Gasteiger partial charge on any atom is -0.153 e. The minimum absolute atomic E-state index is 0. The molecule has 1 atom stereocenters. The van der Waals surface area contributed by atoms with Gasteiger partial charge in [-0.25, -0.2) is 0 Å². The van der Waals surface area contributed by atoms with Gasteiger partial charge < -0.3 is 0 Å². The average Bonchev–Trinajstić information content (AvgIpc) is 0. The fourth-order valence-electron chi connectivity index (χ4n) is 0. The first-order valence-electron chi connectivity index (χ1n) is 0. The molecule has 0 aromatic heterocycles. The normalized spacial score (nSPS) is 0. The molecule has 0 rings (SSSR count). The van der Waals surface area contributed by atoms with Crippen molar-refractivity contribution in [3.05, 3.63) is 0 Å². The van der Waals surface area contributed by atoms with Gasteiger partial charge in [0.15, 0.2) is 0 Å². The topological polar surface area (TPSA) is 0 Å². The number of rotatable bonds is 0. The van der Waals surface area contributed by atoms with Crippen molar-refractivity contribution in [2.24, 2.45) is 0 Å². The van der Waals surface area contributed by atoms with E-state index in [-0.39, 0.29) is 77.0 Å². The monoisotopic (exact) mass is 266 g/mol. The zero-order valence-electron chi connectivity index (χ0n) is 2.04. The summed E-state index contributed by atoms with van der Waals surface area (Å²) in [6, 6.07) is 0.